The SMILES string of the molecule is CC(C)(C)C1c2ccc(-c3ccc4c(c3)S(=O)(=O)Cc3ccccc3C4C(C)(C)C)cc2CNc2ccccc21. The van der Waals surface area contributed by atoms with Gasteiger partial charge in [-0.3, -0.25) is 0 Å². The number of rotatable bonds is 1. The van der Waals surface area contributed by atoms with E-state index in [1.54, 1.807) is 0 Å². The van der Waals surface area contributed by atoms with Crippen LogP contribution in [-0.4, -0.2) is 8.42 Å². The minimum absolute atomic E-state index is 0.00711. The lowest BCUT2D eigenvalue weighted by atomic mass is 9.71. The van der Waals surface area contributed by atoms with Crippen LogP contribution in [0.1, 0.15) is 86.8 Å². The van der Waals surface area contributed by atoms with Crippen LogP contribution < -0.4 is 5.32 Å². The molecule has 6 rings (SSSR count). The molecule has 2 unspecified atom stereocenters. The minimum atomic E-state index is -3.52. The van der Waals surface area contributed by atoms with E-state index in [2.05, 4.69) is 108 Å². The van der Waals surface area contributed by atoms with Crippen molar-refractivity contribution in [3.05, 3.63) is 118 Å². The van der Waals surface area contributed by atoms with Gasteiger partial charge in [0.15, 0.2) is 9.84 Å². The maximum atomic E-state index is 13.9. The van der Waals surface area contributed by atoms with Crippen LogP contribution in [-0.2, 0) is 22.1 Å². The van der Waals surface area contributed by atoms with Crippen molar-refractivity contribution in [2.45, 2.75) is 70.6 Å². The van der Waals surface area contributed by atoms with E-state index >= 15 is 0 Å². The van der Waals surface area contributed by atoms with Crippen molar-refractivity contribution in [2.75, 3.05) is 5.32 Å². The molecular formula is C36H39NO2S. The van der Waals surface area contributed by atoms with Crippen LogP contribution in [0, 0.1) is 10.8 Å². The van der Waals surface area contributed by atoms with Crippen LogP contribution in [0.15, 0.2) is 89.8 Å². The summed E-state index contributed by atoms with van der Waals surface area (Å²) in [5, 5.41) is 3.67. The zero-order chi connectivity index (χ0) is 28.4. The number of benzene rings is 4. The molecule has 0 aromatic heterocycles. The third kappa shape index (κ3) is 4.56. The van der Waals surface area contributed by atoms with Gasteiger partial charge in [-0.1, -0.05) is 108 Å². The minimum Gasteiger partial charge on any atom is -0.381 e. The first kappa shape index (κ1) is 26.8. The van der Waals surface area contributed by atoms with Crippen molar-refractivity contribution in [1.29, 1.82) is 0 Å². The molecular weight excluding hydrogens is 510 g/mol. The molecule has 0 saturated heterocycles. The van der Waals surface area contributed by atoms with E-state index in [0.717, 1.165) is 34.4 Å². The molecule has 2 atom stereocenters. The Labute approximate surface area is 239 Å². The molecule has 2 heterocycles. The average molecular weight is 550 g/mol. The summed E-state index contributed by atoms with van der Waals surface area (Å²) in [6, 6.07) is 29.5. The predicted octanol–water partition coefficient (Wildman–Crippen LogP) is 8.92. The maximum absolute atomic E-state index is 13.9. The van der Waals surface area contributed by atoms with Gasteiger partial charge >= 0.3 is 0 Å². The molecule has 0 aliphatic carbocycles. The van der Waals surface area contributed by atoms with E-state index < -0.39 is 9.84 Å². The van der Waals surface area contributed by atoms with Crippen molar-refractivity contribution in [1.82, 2.24) is 0 Å². The highest BCUT2D eigenvalue weighted by Gasteiger charge is 2.38. The van der Waals surface area contributed by atoms with Gasteiger partial charge in [0, 0.05) is 24.1 Å². The van der Waals surface area contributed by atoms with Crippen molar-refractivity contribution < 1.29 is 8.42 Å². The van der Waals surface area contributed by atoms with E-state index in [1.807, 2.05) is 24.3 Å². The summed E-state index contributed by atoms with van der Waals surface area (Å²) in [5.41, 5.74) is 9.91. The van der Waals surface area contributed by atoms with Crippen LogP contribution in [0.5, 0.6) is 0 Å². The molecule has 2 aliphatic heterocycles. The lowest BCUT2D eigenvalue weighted by Crippen LogP contribution is -2.21. The number of para-hydroxylation sites is 1. The van der Waals surface area contributed by atoms with Crippen molar-refractivity contribution in [2.24, 2.45) is 10.8 Å². The van der Waals surface area contributed by atoms with Crippen LogP contribution >= 0.6 is 0 Å². The summed E-state index contributed by atoms with van der Waals surface area (Å²) in [6.45, 7) is 14.3. The highest BCUT2D eigenvalue weighted by molar-refractivity contribution is 7.90. The first-order valence-corrected chi connectivity index (χ1v) is 15.9. The molecule has 3 nitrogen and oxygen atoms in total. The molecule has 0 amide bonds. The van der Waals surface area contributed by atoms with E-state index in [-0.39, 0.29) is 28.4 Å². The Morgan fingerprint density at radius 1 is 0.625 bits per heavy atom. The summed E-state index contributed by atoms with van der Waals surface area (Å²) in [6.07, 6.45) is 0. The summed E-state index contributed by atoms with van der Waals surface area (Å²) in [5.74, 6) is 0.278. The van der Waals surface area contributed by atoms with E-state index in [4.69, 9.17) is 0 Å². The number of nitrogens with one attached hydrogen (secondary N) is 1. The van der Waals surface area contributed by atoms with Gasteiger partial charge in [-0.2, -0.15) is 0 Å². The lowest BCUT2D eigenvalue weighted by molar-refractivity contribution is 0.355. The fourth-order valence-corrected chi connectivity index (χ4v) is 8.65. The third-order valence-corrected chi connectivity index (χ3v) is 10.3. The normalized spacial score (nSPS) is 19.6. The van der Waals surface area contributed by atoms with Gasteiger partial charge in [-0.25, -0.2) is 8.42 Å². The Morgan fingerprint density at radius 3 is 1.88 bits per heavy atom. The molecule has 40 heavy (non-hydrogen) atoms. The average Bonchev–Trinajstić information content (AvgIpc) is 3.11. The van der Waals surface area contributed by atoms with Crippen molar-refractivity contribution >= 4 is 15.5 Å². The second kappa shape index (κ2) is 9.34. The predicted molar refractivity (Wildman–Crippen MR) is 166 cm³/mol. The lowest BCUT2D eigenvalue weighted by Gasteiger charge is -2.33. The number of hydrogen-bond donors (Lipinski definition) is 1. The maximum Gasteiger partial charge on any atom is 0.182 e. The molecule has 4 heteroatoms. The molecule has 1 N–H and O–H groups in total. The van der Waals surface area contributed by atoms with Gasteiger partial charge in [-0.05, 0) is 73.5 Å². The molecule has 4 aromatic rings. The highest BCUT2D eigenvalue weighted by atomic mass is 32.2. The Balaban J connectivity index is 1.49. The van der Waals surface area contributed by atoms with Gasteiger partial charge < -0.3 is 5.32 Å². The zero-order valence-corrected chi connectivity index (χ0v) is 25.2. The molecule has 0 fully saturated rings. The van der Waals surface area contributed by atoms with Gasteiger partial charge in [-0.15, -0.1) is 0 Å². The largest absolute Gasteiger partial charge is 0.381 e. The molecule has 0 radical (unpaired) electrons. The topological polar surface area (TPSA) is 46.2 Å². The number of fused-ring (bicyclic) bond motifs is 4. The Morgan fingerprint density at radius 2 is 1.18 bits per heavy atom. The van der Waals surface area contributed by atoms with Crippen molar-refractivity contribution in [3.8, 4) is 11.1 Å². The van der Waals surface area contributed by atoms with E-state index in [1.165, 1.54) is 22.4 Å². The van der Waals surface area contributed by atoms with Crippen LogP contribution in [0.25, 0.3) is 11.1 Å². The van der Waals surface area contributed by atoms with Crippen LogP contribution in [0.2, 0.25) is 0 Å². The Hall–Kier alpha value is -3.37. The van der Waals surface area contributed by atoms with Gasteiger partial charge in [0.2, 0.25) is 0 Å². The van der Waals surface area contributed by atoms with Crippen molar-refractivity contribution in [3.63, 3.8) is 0 Å². The summed E-state index contributed by atoms with van der Waals surface area (Å²) in [4.78, 5) is 0.467. The first-order chi connectivity index (χ1) is 18.8. The van der Waals surface area contributed by atoms with Crippen LogP contribution in [0.4, 0.5) is 5.69 Å². The molecule has 0 bridgehead atoms. The fourth-order valence-electron chi connectivity index (χ4n) is 6.97. The van der Waals surface area contributed by atoms with E-state index in [9.17, 15) is 8.42 Å². The molecule has 0 saturated carbocycles. The van der Waals surface area contributed by atoms with Gasteiger partial charge in [0.05, 0.1) is 10.6 Å². The quantitative estimate of drug-likeness (QED) is 0.258. The smallest absolute Gasteiger partial charge is 0.182 e. The zero-order valence-electron chi connectivity index (χ0n) is 24.4. The third-order valence-electron chi connectivity index (χ3n) is 8.63. The van der Waals surface area contributed by atoms with Crippen LogP contribution in [0.3, 0.4) is 0 Å². The highest BCUT2D eigenvalue weighted by Crippen LogP contribution is 2.49. The second-order valence-electron chi connectivity index (χ2n) is 13.7. The summed E-state index contributed by atoms with van der Waals surface area (Å²) in [7, 11) is -3.52. The summed E-state index contributed by atoms with van der Waals surface area (Å²) < 4.78 is 27.7. The fraction of sp³-hybridized carbons (Fsp3) is 0.333. The first-order valence-electron chi connectivity index (χ1n) is 14.2. The molecule has 2 aliphatic rings. The number of anilines is 1. The Kier molecular flexibility index (Phi) is 6.27. The van der Waals surface area contributed by atoms with Gasteiger partial charge in [0.25, 0.3) is 0 Å². The monoisotopic (exact) mass is 549 g/mol. The van der Waals surface area contributed by atoms with E-state index in [0.29, 0.717) is 4.90 Å². The molecule has 0 spiro atoms. The second-order valence-corrected chi connectivity index (χ2v) is 15.6. The standard InChI is InChI=1S/C36H39NO2S/c1-35(2,3)33-28-17-15-23(19-26(28)21-37-31-14-10-9-13-29(31)33)24-16-18-30-32(20-24)40(38,39)22-25-11-7-8-12-27(25)34(30)36(4,5)6/h7-20,33-34,37H,21-22H2,1-6H3. The molecule has 4 aromatic carbocycles. The van der Waals surface area contributed by atoms with Gasteiger partial charge in [0.1, 0.15) is 0 Å². The number of sulfone groups is 1. The summed E-state index contributed by atoms with van der Waals surface area (Å²) >= 11 is 0. The molecule has 206 valence electrons. The Bertz CT molecular complexity index is 1720. The number of hydrogen-bond acceptors (Lipinski definition) is 3.